The van der Waals surface area contributed by atoms with E-state index >= 15 is 0 Å². The van der Waals surface area contributed by atoms with Crippen LogP contribution in [0.15, 0.2) is 47.3 Å². The Balaban J connectivity index is 1.60. The number of aryl methyl sites for hydroxylation is 2. The first-order chi connectivity index (χ1) is 12.6. The van der Waals surface area contributed by atoms with Crippen LogP contribution >= 0.6 is 0 Å². The van der Waals surface area contributed by atoms with Crippen molar-refractivity contribution in [3.63, 3.8) is 0 Å². The van der Waals surface area contributed by atoms with Crippen LogP contribution in [0.3, 0.4) is 0 Å². The molecule has 0 aliphatic heterocycles. The Morgan fingerprint density at radius 3 is 2.62 bits per heavy atom. The molecule has 1 amide bonds. The van der Waals surface area contributed by atoms with Gasteiger partial charge in [-0.2, -0.15) is 5.10 Å². The number of H-pyrrole nitrogens is 1. The third-order valence-corrected chi connectivity index (χ3v) is 5.13. The molecule has 1 aliphatic rings. The van der Waals surface area contributed by atoms with Gasteiger partial charge in [-0.1, -0.05) is 36.4 Å². The van der Waals surface area contributed by atoms with Gasteiger partial charge < -0.3 is 5.32 Å². The van der Waals surface area contributed by atoms with Crippen LogP contribution in [-0.4, -0.2) is 16.1 Å². The second-order valence-corrected chi connectivity index (χ2v) is 6.88. The molecule has 0 saturated carbocycles. The number of hydrogen-bond acceptors (Lipinski definition) is 3. The van der Waals surface area contributed by atoms with Crippen LogP contribution in [-0.2, 0) is 12.8 Å². The van der Waals surface area contributed by atoms with Gasteiger partial charge in [0.2, 0.25) is 0 Å². The Labute approximate surface area is 151 Å². The van der Waals surface area contributed by atoms with Gasteiger partial charge in [0.15, 0.2) is 5.69 Å². The Morgan fingerprint density at radius 2 is 1.81 bits per heavy atom. The Bertz CT molecular complexity index is 1040. The summed E-state index contributed by atoms with van der Waals surface area (Å²) < 4.78 is 0. The minimum absolute atomic E-state index is 0.137. The van der Waals surface area contributed by atoms with E-state index in [0.717, 1.165) is 18.4 Å². The summed E-state index contributed by atoms with van der Waals surface area (Å²) in [4.78, 5) is 24.6. The third kappa shape index (κ3) is 3.01. The maximum Gasteiger partial charge on any atom is 0.272 e. The standard InChI is InChI=1S/C21H21N3O2/c1-13(15-11-10-14-6-2-3-7-16(14)12-15)22-21(26)19-17-8-4-5-9-18(17)20(25)24-23-19/h4-5,8-13H,2-3,6-7H2,1H3,(H,22,26)(H,24,25). The van der Waals surface area contributed by atoms with E-state index < -0.39 is 0 Å². The summed E-state index contributed by atoms with van der Waals surface area (Å²) in [5.74, 6) is -0.289. The SMILES string of the molecule is CC(NC(=O)c1n[nH]c(=O)c2ccccc12)c1ccc2c(c1)CCCC2. The van der Waals surface area contributed by atoms with Crippen LogP contribution in [0.25, 0.3) is 10.8 Å². The number of carbonyl (C=O) groups excluding carboxylic acids is 1. The van der Waals surface area contributed by atoms with E-state index in [1.807, 2.05) is 6.92 Å². The van der Waals surface area contributed by atoms with Crippen molar-refractivity contribution < 1.29 is 4.79 Å². The minimum atomic E-state index is -0.292. The molecule has 26 heavy (non-hydrogen) atoms. The average Bonchev–Trinajstić information content (AvgIpc) is 2.68. The first-order valence-electron chi connectivity index (χ1n) is 9.03. The molecule has 1 heterocycles. The molecule has 3 aromatic rings. The molecular formula is C21H21N3O2. The number of fused-ring (bicyclic) bond motifs is 2. The lowest BCUT2D eigenvalue weighted by atomic mass is 9.89. The van der Waals surface area contributed by atoms with Gasteiger partial charge in [0, 0.05) is 5.39 Å². The van der Waals surface area contributed by atoms with Gasteiger partial charge in [0.1, 0.15) is 0 Å². The Morgan fingerprint density at radius 1 is 1.08 bits per heavy atom. The molecule has 1 aliphatic carbocycles. The highest BCUT2D eigenvalue weighted by atomic mass is 16.2. The van der Waals surface area contributed by atoms with Crippen molar-refractivity contribution in [1.29, 1.82) is 0 Å². The lowest BCUT2D eigenvalue weighted by Crippen LogP contribution is -2.29. The summed E-state index contributed by atoms with van der Waals surface area (Å²) in [5, 5.41) is 10.4. The fourth-order valence-corrected chi connectivity index (χ4v) is 3.66. The number of nitrogens with zero attached hydrogens (tertiary/aromatic N) is 1. The molecule has 0 fully saturated rings. The summed E-state index contributed by atoms with van der Waals surface area (Å²) in [6.45, 7) is 1.97. The monoisotopic (exact) mass is 347 g/mol. The summed E-state index contributed by atoms with van der Waals surface area (Å²) in [5.41, 5.74) is 3.85. The average molecular weight is 347 g/mol. The number of amides is 1. The van der Waals surface area contributed by atoms with Crippen molar-refractivity contribution >= 4 is 16.7 Å². The van der Waals surface area contributed by atoms with Gasteiger partial charge in [0.05, 0.1) is 11.4 Å². The predicted octanol–water partition coefficient (Wildman–Crippen LogP) is 3.29. The second kappa shape index (κ2) is 6.75. The zero-order valence-corrected chi connectivity index (χ0v) is 14.7. The van der Waals surface area contributed by atoms with E-state index in [0.29, 0.717) is 10.8 Å². The van der Waals surface area contributed by atoms with Gasteiger partial charge in [-0.15, -0.1) is 0 Å². The number of benzene rings is 2. The number of nitrogens with one attached hydrogen (secondary N) is 2. The highest BCUT2D eigenvalue weighted by molar-refractivity contribution is 6.04. The van der Waals surface area contributed by atoms with Crippen LogP contribution in [0, 0.1) is 0 Å². The second-order valence-electron chi connectivity index (χ2n) is 6.88. The normalized spacial score (nSPS) is 14.7. The molecule has 2 aromatic carbocycles. The molecule has 2 N–H and O–H groups in total. The number of rotatable bonds is 3. The summed E-state index contributed by atoms with van der Waals surface area (Å²) >= 11 is 0. The van der Waals surface area contributed by atoms with Crippen molar-refractivity contribution in [3.05, 3.63) is 75.2 Å². The molecule has 0 saturated heterocycles. The maximum atomic E-state index is 12.7. The topological polar surface area (TPSA) is 74.8 Å². The quantitative estimate of drug-likeness (QED) is 0.763. The van der Waals surface area contributed by atoms with Crippen LogP contribution in [0.2, 0.25) is 0 Å². The van der Waals surface area contributed by atoms with Gasteiger partial charge in [-0.3, -0.25) is 9.59 Å². The van der Waals surface area contributed by atoms with Gasteiger partial charge in [-0.25, -0.2) is 5.10 Å². The van der Waals surface area contributed by atoms with Crippen molar-refractivity contribution in [2.24, 2.45) is 0 Å². The predicted molar refractivity (Wildman–Crippen MR) is 101 cm³/mol. The fourth-order valence-electron chi connectivity index (χ4n) is 3.66. The van der Waals surface area contributed by atoms with E-state index in [-0.39, 0.29) is 23.2 Å². The molecule has 0 bridgehead atoms. The summed E-state index contributed by atoms with van der Waals surface area (Å²) in [7, 11) is 0. The van der Waals surface area contributed by atoms with Gasteiger partial charge in [-0.05, 0) is 55.4 Å². The van der Waals surface area contributed by atoms with Crippen molar-refractivity contribution in [2.45, 2.75) is 38.6 Å². The summed E-state index contributed by atoms with van der Waals surface area (Å²) in [6, 6.07) is 13.4. The van der Waals surface area contributed by atoms with E-state index in [1.54, 1.807) is 24.3 Å². The van der Waals surface area contributed by atoms with Crippen LogP contribution < -0.4 is 10.9 Å². The number of hydrogen-bond donors (Lipinski definition) is 2. The van der Waals surface area contributed by atoms with E-state index in [9.17, 15) is 9.59 Å². The molecule has 0 radical (unpaired) electrons. The Kier molecular flexibility index (Phi) is 4.29. The zero-order valence-electron chi connectivity index (χ0n) is 14.7. The molecule has 132 valence electrons. The van der Waals surface area contributed by atoms with Crippen LogP contribution in [0.1, 0.15) is 53.0 Å². The molecule has 5 heteroatoms. The largest absolute Gasteiger partial charge is 0.344 e. The summed E-state index contributed by atoms with van der Waals surface area (Å²) in [6.07, 6.45) is 4.73. The van der Waals surface area contributed by atoms with Crippen molar-refractivity contribution in [2.75, 3.05) is 0 Å². The Hall–Kier alpha value is -2.95. The van der Waals surface area contributed by atoms with E-state index in [1.165, 1.54) is 24.0 Å². The van der Waals surface area contributed by atoms with Crippen molar-refractivity contribution in [1.82, 2.24) is 15.5 Å². The lowest BCUT2D eigenvalue weighted by Gasteiger charge is -2.20. The first kappa shape index (κ1) is 16.5. The number of aromatic nitrogens is 2. The van der Waals surface area contributed by atoms with Crippen LogP contribution in [0.5, 0.6) is 0 Å². The lowest BCUT2D eigenvalue weighted by molar-refractivity contribution is 0.0935. The molecule has 5 nitrogen and oxygen atoms in total. The van der Waals surface area contributed by atoms with Crippen molar-refractivity contribution in [3.8, 4) is 0 Å². The number of carbonyl (C=O) groups is 1. The van der Waals surface area contributed by atoms with E-state index in [4.69, 9.17) is 0 Å². The third-order valence-electron chi connectivity index (χ3n) is 5.13. The smallest absolute Gasteiger partial charge is 0.272 e. The highest BCUT2D eigenvalue weighted by Crippen LogP contribution is 2.25. The highest BCUT2D eigenvalue weighted by Gasteiger charge is 2.18. The molecule has 0 spiro atoms. The molecule has 4 rings (SSSR count). The molecule has 1 unspecified atom stereocenters. The van der Waals surface area contributed by atoms with Gasteiger partial charge >= 0.3 is 0 Å². The molecular weight excluding hydrogens is 326 g/mol. The van der Waals surface area contributed by atoms with Gasteiger partial charge in [0.25, 0.3) is 11.5 Å². The minimum Gasteiger partial charge on any atom is -0.344 e. The fraction of sp³-hybridized carbons (Fsp3) is 0.286. The first-order valence-corrected chi connectivity index (χ1v) is 9.03. The maximum absolute atomic E-state index is 12.7. The number of aromatic amines is 1. The van der Waals surface area contributed by atoms with Crippen LogP contribution in [0.4, 0.5) is 0 Å². The zero-order chi connectivity index (χ0) is 18.1. The van der Waals surface area contributed by atoms with E-state index in [2.05, 4.69) is 33.7 Å². The molecule has 1 aromatic heterocycles. The molecule has 1 atom stereocenters.